The molecule has 0 fully saturated rings. The van der Waals surface area contributed by atoms with Crippen molar-refractivity contribution < 1.29 is 13.9 Å². The van der Waals surface area contributed by atoms with Crippen LogP contribution in [0.25, 0.3) is 11.4 Å². The molecule has 0 aliphatic carbocycles. The molecular weight excluding hydrogens is 275 g/mol. The Bertz CT molecular complexity index is 622. The molecule has 0 aliphatic heterocycles. The Hall–Kier alpha value is -2.57. The van der Waals surface area contributed by atoms with Crippen molar-refractivity contribution in [2.45, 2.75) is 6.92 Å². The lowest BCUT2D eigenvalue weighted by Gasteiger charge is -2.16. The van der Waals surface area contributed by atoms with Crippen LogP contribution in [0.3, 0.4) is 0 Å². The van der Waals surface area contributed by atoms with Gasteiger partial charge >= 0.3 is 5.97 Å². The van der Waals surface area contributed by atoms with Crippen LogP contribution in [0.15, 0.2) is 30.6 Å². The normalized spacial score (nSPS) is 10.2. The summed E-state index contributed by atoms with van der Waals surface area (Å²) in [4.78, 5) is 25.0. The maximum atomic E-state index is 13.8. The Labute approximate surface area is 121 Å². The Morgan fingerprint density at radius 1 is 1.38 bits per heavy atom. The van der Waals surface area contributed by atoms with Gasteiger partial charge in [0.1, 0.15) is 12.2 Å². The second-order valence-electron chi connectivity index (χ2n) is 4.24. The zero-order valence-electron chi connectivity index (χ0n) is 11.8. The summed E-state index contributed by atoms with van der Waals surface area (Å²) < 4.78 is 18.7. The summed E-state index contributed by atoms with van der Waals surface area (Å²) in [6.07, 6.45) is 2.62. The van der Waals surface area contributed by atoms with Crippen LogP contribution in [0.5, 0.6) is 0 Å². The van der Waals surface area contributed by atoms with E-state index in [9.17, 15) is 9.18 Å². The van der Waals surface area contributed by atoms with Crippen LogP contribution in [0.4, 0.5) is 10.3 Å². The van der Waals surface area contributed by atoms with Crippen molar-refractivity contribution in [2.75, 3.05) is 25.1 Å². The van der Waals surface area contributed by atoms with Gasteiger partial charge in [-0.25, -0.2) is 14.4 Å². The average molecular weight is 290 g/mol. The van der Waals surface area contributed by atoms with Crippen molar-refractivity contribution in [1.29, 1.82) is 0 Å². The first-order chi connectivity index (χ1) is 10.1. The molecule has 0 spiro atoms. The van der Waals surface area contributed by atoms with Crippen LogP contribution in [0.2, 0.25) is 0 Å². The molecule has 0 aliphatic rings. The maximum absolute atomic E-state index is 13.8. The minimum Gasteiger partial charge on any atom is -0.465 e. The number of carbonyl (C=O) groups excluding carboxylic acids is 1. The standard InChI is InChI=1S/C14H15FN4O2/c1-3-21-12(20)9-19(2)14-17-8-10(15)13(18-14)11-6-4-5-7-16-11/h4-8H,3,9H2,1-2H3. The van der Waals surface area contributed by atoms with E-state index < -0.39 is 11.8 Å². The highest BCUT2D eigenvalue weighted by Crippen LogP contribution is 2.19. The van der Waals surface area contributed by atoms with Gasteiger partial charge in [-0.2, -0.15) is 0 Å². The van der Waals surface area contributed by atoms with Crippen LogP contribution in [-0.2, 0) is 9.53 Å². The van der Waals surface area contributed by atoms with Crippen LogP contribution in [-0.4, -0.2) is 41.1 Å². The first-order valence-electron chi connectivity index (χ1n) is 6.42. The van der Waals surface area contributed by atoms with Gasteiger partial charge in [-0.05, 0) is 19.1 Å². The van der Waals surface area contributed by atoms with Gasteiger partial charge in [0.25, 0.3) is 0 Å². The molecule has 0 amide bonds. The SMILES string of the molecule is CCOC(=O)CN(C)c1ncc(F)c(-c2ccccn2)n1. The Morgan fingerprint density at radius 3 is 2.86 bits per heavy atom. The second kappa shape index (κ2) is 6.74. The van der Waals surface area contributed by atoms with Gasteiger partial charge in [0, 0.05) is 13.2 Å². The zero-order chi connectivity index (χ0) is 15.2. The average Bonchev–Trinajstić information content (AvgIpc) is 2.48. The van der Waals surface area contributed by atoms with E-state index >= 15 is 0 Å². The van der Waals surface area contributed by atoms with Crippen molar-refractivity contribution in [3.8, 4) is 11.4 Å². The molecule has 2 aromatic rings. The van der Waals surface area contributed by atoms with E-state index in [1.54, 1.807) is 38.4 Å². The number of ether oxygens (including phenoxy) is 1. The molecule has 0 atom stereocenters. The molecular formula is C14H15FN4O2. The largest absolute Gasteiger partial charge is 0.465 e. The fourth-order valence-electron chi connectivity index (χ4n) is 1.70. The monoisotopic (exact) mass is 290 g/mol. The third-order valence-electron chi connectivity index (χ3n) is 2.65. The minimum absolute atomic E-state index is 0.0128. The Kier molecular flexibility index (Phi) is 4.76. The summed E-state index contributed by atoms with van der Waals surface area (Å²) in [5.41, 5.74) is 0.500. The Balaban J connectivity index is 2.24. The predicted octanol–water partition coefficient (Wildman–Crippen LogP) is 1.68. The van der Waals surface area contributed by atoms with Gasteiger partial charge in [0.05, 0.1) is 18.5 Å². The second-order valence-corrected chi connectivity index (χ2v) is 4.24. The van der Waals surface area contributed by atoms with Crippen LogP contribution in [0, 0.1) is 5.82 Å². The van der Waals surface area contributed by atoms with Gasteiger partial charge in [-0.1, -0.05) is 6.07 Å². The lowest BCUT2D eigenvalue weighted by atomic mass is 10.2. The molecule has 7 heteroatoms. The van der Waals surface area contributed by atoms with E-state index in [1.165, 1.54) is 4.90 Å². The number of aromatic nitrogens is 3. The highest BCUT2D eigenvalue weighted by Gasteiger charge is 2.15. The molecule has 2 rings (SSSR count). The van der Waals surface area contributed by atoms with Gasteiger partial charge in [-0.15, -0.1) is 0 Å². The fraction of sp³-hybridized carbons (Fsp3) is 0.286. The number of esters is 1. The topological polar surface area (TPSA) is 68.2 Å². The van der Waals surface area contributed by atoms with Gasteiger partial charge < -0.3 is 9.64 Å². The number of nitrogens with zero attached hydrogens (tertiary/aromatic N) is 4. The fourth-order valence-corrected chi connectivity index (χ4v) is 1.70. The quantitative estimate of drug-likeness (QED) is 0.780. The van der Waals surface area contributed by atoms with E-state index in [4.69, 9.17) is 4.74 Å². The molecule has 0 bridgehead atoms. The van der Waals surface area contributed by atoms with Gasteiger partial charge in [0.2, 0.25) is 5.95 Å². The van der Waals surface area contributed by atoms with Crippen molar-refractivity contribution >= 4 is 11.9 Å². The molecule has 0 N–H and O–H groups in total. The van der Waals surface area contributed by atoms with E-state index in [0.29, 0.717) is 12.3 Å². The number of likely N-dealkylation sites (N-methyl/N-ethyl adjacent to an activating group) is 1. The van der Waals surface area contributed by atoms with E-state index in [0.717, 1.165) is 6.20 Å². The Morgan fingerprint density at radius 2 is 2.19 bits per heavy atom. The number of hydrogen-bond donors (Lipinski definition) is 0. The molecule has 0 radical (unpaired) electrons. The van der Waals surface area contributed by atoms with Crippen molar-refractivity contribution in [2.24, 2.45) is 0 Å². The van der Waals surface area contributed by atoms with E-state index in [-0.39, 0.29) is 18.2 Å². The molecule has 0 unspecified atom stereocenters. The highest BCUT2D eigenvalue weighted by molar-refractivity contribution is 5.74. The van der Waals surface area contributed by atoms with Crippen LogP contribution in [0.1, 0.15) is 6.92 Å². The summed E-state index contributed by atoms with van der Waals surface area (Å²) in [6.45, 7) is 2.02. The zero-order valence-corrected chi connectivity index (χ0v) is 11.8. The van der Waals surface area contributed by atoms with Gasteiger partial charge in [0.15, 0.2) is 5.82 Å². The summed E-state index contributed by atoms with van der Waals surface area (Å²) in [6, 6.07) is 5.13. The molecule has 21 heavy (non-hydrogen) atoms. The van der Waals surface area contributed by atoms with Crippen molar-refractivity contribution in [3.63, 3.8) is 0 Å². The highest BCUT2D eigenvalue weighted by atomic mass is 19.1. The maximum Gasteiger partial charge on any atom is 0.325 e. The molecule has 0 aromatic carbocycles. The van der Waals surface area contributed by atoms with Crippen LogP contribution >= 0.6 is 0 Å². The molecule has 6 nitrogen and oxygen atoms in total. The molecule has 0 saturated carbocycles. The number of hydrogen-bond acceptors (Lipinski definition) is 6. The number of halogens is 1. The van der Waals surface area contributed by atoms with Crippen LogP contribution < -0.4 is 4.90 Å². The summed E-state index contributed by atoms with van der Waals surface area (Å²) in [7, 11) is 1.63. The molecule has 0 saturated heterocycles. The summed E-state index contributed by atoms with van der Waals surface area (Å²) >= 11 is 0. The molecule has 110 valence electrons. The van der Waals surface area contributed by atoms with Gasteiger partial charge in [-0.3, -0.25) is 9.78 Å². The van der Waals surface area contributed by atoms with Crippen molar-refractivity contribution in [1.82, 2.24) is 15.0 Å². The number of anilines is 1. The third kappa shape index (κ3) is 3.71. The summed E-state index contributed by atoms with van der Waals surface area (Å²) in [5.74, 6) is -0.737. The number of pyridine rings is 1. The summed E-state index contributed by atoms with van der Waals surface area (Å²) in [5, 5.41) is 0. The lowest BCUT2D eigenvalue weighted by molar-refractivity contribution is -0.141. The minimum atomic E-state index is -0.568. The first kappa shape index (κ1) is 14.8. The number of carbonyl (C=O) groups is 1. The molecule has 2 aromatic heterocycles. The van der Waals surface area contributed by atoms with E-state index in [1.807, 2.05) is 0 Å². The third-order valence-corrected chi connectivity index (χ3v) is 2.65. The molecule has 2 heterocycles. The number of rotatable bonds is 5. The van der Waals surface area contributed by atoms with E-state index in [2.05, 4.69) is 15.0 Å². The smallest absolute Gasteiger partial charge is 0.325 e. The lowest BCUT2D eigenvalue weighted by Crippen LogP contribution is -2.28. The van der Waals surface area contributed by atoms with Crippen molar-refractivity contribution in [3.05, 3.63) is 36.4 Å². The first-order valence-corrected chi connectivity index (χ1v) is 6.42. The predicted molar refractivity (Wildman–Crippen MR) is 75.1 cm³/mol.